The molecule has 0 bridgehead atoms. The van der Waals surface area contributed by atoms with E-state index >= 15 is 0 Å². The first-order valence-corrected chi connectivity index (χ1v) is 7.51. The van der Waals surface area contributed by atoms with Gasteiger partial charge in [0.15, 0.2) is 5.13 Å². The first-order valence-electron chi connectivity index (χ1n) is 5.90. The van der Waals surface area contributed by atoms with Crippen molar-refractivity contribution in [3.05, 3.63) is 33.1 Å². The fourth-order valence-electron chi connectivity index (χ4n) is 1.60. The first-order chi connectivity index (χ1) is 9.40. The summed E-state index contributed by atoms with van der Waals surface area (Å²) in [6.45, 7) is 1.93. The van der Waals surface area contributed by atoms with Crippen molar-refractivity contribution in [2.75, 3.05) is 30.0 Å². The number of amides is 1. The van der Waals surface area contributed by atoms with Crippen molar-refractivity contribution in [3.8, 4) is 0 Å². The van der Waals surface area contributed by atoms with Crippen molar-refractivity contribution in [2.24, 2.45) is 0 Å². The van der Waals surface area contributed by atoms with E-state index in [9.17, 15) is 4.79 Å². The quantitative estimate of drug-likeness (QED) is 0.888. The number of nitrogen functional groups attached to an aromatic ring is 1. The van der Waals surface area contributed by atoms with Gasteiger partial charge < -0.3 is 16.0 Å². The highest BCUT2D eigenvalue weighted by Gasteiger charge is 2.18. The molecule has 106 valence electrons. The predicted molar refractivity (Wildman–Crippen MR) is 87.7 cm³/mol. The normalized spacial score (nSPS) is 10.4. The van der Waals surface area contributed by atoms with Gasteiger partial charge in [-0.25, -0.2) is 4.98 Å². The number of nitrogens with one attached hydrogen (secondary N) is 1. The predicted octanol–water partition coefficient (Wildman–Crippen LogP) is 3.11. The van der Waals surface area contributed by atoms with Crippen LogP contribution in [0.2, 0.25) is 0 Å². The van der Waals surface area contributed by atoms with Crippen LogP contribution in [0.4, 0.5) is 16.6 Å². The van der Waals surface area contributed by atoms with Gasteiger partial charge in [0.25, 0.3) is 5.91 Å². The Morgan fingerprint density at radius 1 is 1.45 bits per heavy atom. The van der Waals surface area contributed by atoms with E-state index < -0.39 is 0 Å². The number of aromatic nitrogens is 1. The summed E-state index contributed by atoms with van der Waals surface area (Å²) in [6.07, 6.45) is 0. The summed E-state index contributed by atoms with van der Waals surface area (Å²) in [5.74, 6) is 0.0122. The highest BCUT2D eigenvalue weighted by Crippen LogP contribution is 2.29. The van der Waals surface area contributed by atoms with E-state index in [-0.39, 0.29) is 11.7 Å². The third-order valence-electron chi connectivity index (χ3n) is 2.75. The standard InChI is InChI=1S/C13H15BrN4OS/c1-7-8(14)5-4-6-9(7)16-12(19)10-11(15)17-13(20-10)18(2)3/h4-6H,15H2,1-3H3,(H,16,19). The molecule has 0 radical (unpaired) electrons. The van der Waals surface area contributed by atoms with Crippen LogP contribution in [-0.4, -0.2) is 25.0 Å². The molecule has 20 heavy (non-hydrogen) atoms. The minimum atomic E-state index is -0.241. The molecule has 2 rings (SSSR count). The molecule has 0 atom stereocenters. The summed E-state index contributed by atoms with van der Waals surface area (Å²) in [4.78, 5) is 18.7. The highest BCUT2D eigenvalue weighted by atomic mass is 79.9. The Labute approximate surface area is 129 Å². The summed E-state index contributed by atoms with van der Waals surface area (Å²) in [5.41, 5.74) is 7.53. The smallest absolute Gasteiger partial charge is 0.269 e. The van der Waals surface area contributed by atoms with E-state index in [1.54, 1.807) is 0 Å². The number of carbonyl (C=O) groups is 1. The molecule has 0 spiro atoms. The Morgan fingerprint density at radius 3 is 2.75 bits per heavy atom. The van der Waals surface area contributed by atoms with Crippen LogP contribution < -0.4 is 16.0 Å². The molecule has 0 unspecified atom stereocenters. The van der Waals surface area contributed by atoms with E-state index in [0.717, 1.165) is 15.7 Å². The van der Waals surface area contributed by atoms with Gasteiger partial charge in [-0.3, -0.25) is 4.79 Å². The molecule has 1 heterocycles. The van der Waals surface area contributed by atoms with Crippen molar-refractivity contribution >= 4 is 49.8 Å². The molecular formula is C13H15BrN4OS. The number of halogens is 1. The first kappa shape index (κ1) is 14.8. The molecule has 1 amide bonds. The van der Waals surface area contributed by atoms with Gasteiger partial charge in [0.05, 0.1) is 0 Å². The molecule has 7 heteroatoms. The lowest BCUT2D eigenvalue weighted by molar-refractivity contribution is 0.103. The topological polar surface area (TPSA) is 71.2 Å². The summed E-state index contributed by atoms with van der Waals surface area (Å²) >= 11 is 4.71. The fourth-order valence-corrected chi connectivity index (χ4v) is 2.77. The third-order valence-corrected chi connectivity index (χ3v) is 4.84. The average Bonchev–Trinajstić information content (AvgIpc) is 2.77. The van der Waals surface area contributed by atoms with Crippen LogP contribution >= 0.6 is 27.3 Å². The van der Waals surface area contributed by atoms with E-state index in [1.807, 2.05) is 44.1 Å². The van der Waals surface area contributed by atoms with Gasteiger partial charge in [-0.15, -0.1) is 0 Å². The van der Waals surface area contributed by atoms with Crippen LogP contribution in [0.5, 0.6) is 0 Å². The van der Waals surface area contributed by atoms with E-state index in [1.165, 1.54) is 11.3 Å². The van der Waals surface area contributed by atoms with E-state index in [0.29, 0.717) is 10.0 Å². The number of carbonyl (C=O) groups excluding carboxylic acids is 1. The van der Waals surface area contributed by atoms with Crippen molar-refractivity contribution in [1.82, 2.24) is 4.98 Å². The molecule has 0 saturated carbocycles. The van der Waals surface area contributed by atoms with Gasteiger partial charge in [0, 0.05) is 24.3 Å². The lowest BCUT2D eigenvalue weighted by Gasteiger charge is -2.08. The maximum absolute atomic E-state index is 12.3. The number of hydrogen-bond donors (Lipinski definition) is 2. The molecule has 0 saturated heterocycles. The number of nitrogens with two attached hydrogens (primary N) is 1. The van der Waals surface area contributed by atoms with Crippen LogP contribution in [0, 0.1) is 6.92 Å². The van der Waals surface area contributed by atoms with Crippen molar-refractivity contribution in [1.29, 1.82) is 0 Å². The number of benzene rings is 1. The van der Waals surface area contributed by atoms with Gasteiger partial charge >= 0.3 is 0 Å². The van der Waals surface area contributed by atoms with Gasteiger partial charge in [0.1, 0.15) is 10.7 Å². The summed E-state index contributed by atoms with van der Waals surface area (Å²) < 4.78 is 0.946. The van der Waals surface area contributed by atoms with Crippen molar-refractivity contribution in [3.63, 3.8) is 0 Å². The zero-order chi connectivity index (χ0) is 14.9. The molecule has 0 fully saturated rings. The zero-order valence-corrected chi connectivity index (χ0v) is 13.8. The van der Waals surface area contributed by atoms with Gasteiger partial charge in [-0.1, -0.05) is 33.3 Å². The van der Waals surface area contributed by atoms with Crippen LogP contribution in [0.25, 0.3) is 0 Å². The minimum Gasteiger partial charge on any atom is -0.382 e. The maximum atomic E-state index is 12.3. The molecule has 0 aliphatic heterocycles. The Bertz CT molecular complexity index is 654. The molecule has 0 aliphatic rings. The van der Waals surface area contributed by atoms with Crippen LogP contribution in [0.3, 0.4) is 0 Å². The van der Waals surface area contributed by atoms with Gasteiger partial charge in [-0.2, -0.15) is 0 Å². The highest BCUT2D eigenvalue weighted by molar-refractivity contribution is 9.10. The van der Waals surface area contributed by atoms with E-state index in [4.69, 9.17) is 5.73 Å². The number of nitrogens with zero attached hydrogens (tertiary/aromatic N) is 2. The van der Waals surface area contributed by atoms with Crippen LogP contribution in [0.1, 0.15) is 15.2 Å². The Kier molecular flexibility index (Phi) is 4.29. The molecule has 1 aromatic carbocycles. The Balaban J connectivity index is 2.26. The summed E-state index contributed by atoms with van der Waals surface area (Å²) in [5, 5.41) is 3.57. The van der Waals surface area contributed by atoms with Crippen molar-refractivity contribution < 1.29 is 4.79 Å². The fraction of sp³-hybridized carbons (Fsp3) is 0.231. The SMILES string of the molecule is Cc1c(Br)cccc1NC(=O)c1sc(N(C)C)nc1N. The van der Waals surface area contributed by atoms with Crippen LogP contribution in [0.15, 0.2) is 22.7 Å². The van der Waals surface area contributed by atoms with Gasteiger partial charge in [0.2, 0.25) is 0 Å². The average molecular weight is 355 g/mol. The molecule has 0 aliphatic carbocycles. The molecule has 2 aromatic rings. The molecule has 1 aromatic heterocycles. The number of hydrogen-bond acceptors (Lipinski definition) is 5. The lowest BCUT2D eigenvalue weighted by atomic mass is 10.2. The summed E-state index contributed by atoms with van der Waals surface area (Å²) in [6, 6.07) is 5.65. The number of rotatable bonds is 3. The minimum absolute atomic E-state index is 0.241. The molecule has 3 N–H and O–H groups in total. The molecular weight excluding hydrogens is 340 g/mol. The monoisotopic (exact) mass is 354 g/mol. The van der Waals surface area contributed by atoms with Crippen molar-refractivity contribution in [2.45, 2.75) is 6.92 Å². The zero-order valence-electron chi connectivity index (χ0n) is 11.4. The van der Waals surface area contributed by atoms with Crippen LogP contribution in [-0.2, 0) is 0 Å². The second-order valence-corrected chi connectivity index (χ2v) is 6.30. The largest absolute Gasteiger partial charge is 0.382 e. The lowest BCUT2D eigenvalue weighted by Crippen LogP contribution is -2.13. The number of anilines is 3. The molecule has 5 nitrogen and oxygen atoms in total. The second kappa shape index (κ2) is 5.80. The Morgan fingerprint density at radius 2 is 2.15 bits per heavy atom. The maximum Gasteiger partial charge on any atom is 0.269 e. The second-order valence-electron chi connectivity index (χ2n) is 4.47. The Hall–Kier alpha value is -1.60. The third kappa shape index (κ3) is 2.94. The van der Waals surface area contributed by atoms with Gasteiger partial charge in [-0.05, 0) is 24.6 Å². The summed E-state index contributed by atoms with van der Waals surface area (Å²) in [7, 11) is 3.72. The number of thiazole rings is 1. The van der Waals surface area contributed by atoms with E-state index in [2.05, 4.69) is 26.2 Å².